The van der Waals surface area contributed by atoms with Crippen LogP contribution in [0, 0.1) is 11.8 Å². The van der Waals surface area contributed by atoms with Crippen LogP contribution in [0.15, 0.2) is 18.6 Å². The van der Waals surface area contributed by atoms with E-state index in [1.165, 1.54) is 0 Å². The Bertz CT molecular complexity index is 671. The Hall–Kier alpha value is -2.02. The second-order valence-electron chi connectivity index (χ2n) is 8.40. The predicted octanol–water partition coefficient (Wildman–Crippen LogP) is 1.25. The lowest BCUT2D eigenvalue weighted by molar-refractivity contribution is -0.134. The Kier molecular flexibility index (Phi) is 6.20. The van der Waals surface area contributed by atoms with Crippen LogP contribution in [0.25, 0.3) is 0 Å². The minimum absolute atomic E-state index is 0.0710. The molecule has 1 saturated carbocycles. The van der Waals surface area contributed by atoms with E-state index in [0.29, 0.717) is 30.8 Å². The van der Waals surface area contributed by atoms with Crippen molar-refractivity contribution in [3.05, 3.63) is 24.3 Å². The SMILES string of the molecule is O=C(NCCc1cnccn1)[C@@H]1CCCN(C2CCN(C(=O)C3CC3)CC2)C1. The van der Waals surface area contributed by atoms with Crippen molar-refractivity contribution in [1.29, 1.82) is 0 Å². The number of hydrogen-bond donors (Lipinski definition) is 1. The third-order valence-corrected chi connectivity index (χ3v) is 6.34. The van der Waals surface area contributed by atoms with Gasteiger partial charge in [-0.3, -0.25) is 24.5 Å². The number of aromatic nitrogens is 2. The van der Waals surface area contributed by atoms with Crippen molar-refractivity contribution >= 4 is 11.8 Å². The maximum Gasteiger partial charge on any atom is 0.225 e. The fourth-order valence-electron chi connectivity index (χ4n) is 4.51. The highest BCUT2D eigenvalue weighted by Gasteiger charge is 2.37. The summed E-state index contributed by atoms with van der Waals surface area (Å²) in [4.78, 5) is 37.7. The summed E-state index contributed by atoms with van der Waals surface area (Å²) in [7, 11) is 0. The zero-order chi connectivity index (χ0) is 19.3. The van der Waals surface area contributed by atoms with Crippen molar-refractivity contribution in [3.8, 4) is 0 Å². The number of likely N-dealkylation sites (tertiary alicyclic amines) is 2. The Morgan fingerprint density at radius 3 is 2.57 bits per heavy atom. The van der Waals surface area contributed by atoms with Gasteiger partial charge in [-0.25, -0.2) is 0 Å². The van der Waals surface area contributed by atoms with Gasteiger partial charge in [0, 0.05) is 63.2 Å². The van der Waals surface area contributed by atoms with Crippen LogP contribution < -0.4 is 5.32 Å². The predicted molar refractivity (Wildman–Crippen MR) is 105 cm³/mol. The van der Waals surface area contributed by atoms with Crippen LogP contribution in [0.2, 0.25) is 0 Å². The third-order valence-electron chi connectivity index (χ3n) is 6.34. The highest BCUT2D eigenvalue weighted by Crippen LogP contribution is 2.32. The van der Waals surface area contributed by atoms with Crippen molar-refractivity contribution in [2.75, 3.05) is 32.7 Å². The van der Waals surface area contributed by atoms with Crippen LogP contribution >= 0.6 is 0 Å². The van der Waals surface area contributed by atoms with E-state index in [0.717, 1.165) is 70.4 Å². The molecule has 7 heteroatoms. The highest BCUT2D eigenvalue weighted by molar-refractivity contribution is 5.81. The molecule has 2 aliphatic heterocycles. The summed E-state index contributed by atoms with van der Waals surface area (Å²) in [6.07, 6.45) is 12.1. The van der Waals surface area contributed by atoms with Crippen molar-refractivity contribution in [1.82, 2.24) is 25.1 Å². The summed E-state index contributed by atoms with van der Waals surface area (Å²) in [5, 5.41) is 3.08. The van der Waals surface area contributed by atoms with E-state index < -0.39 is 0 Å². The fourth-order valence-corrected chi connectivity index (χ4v) is 4.51. The molecule has 28 heavy (non-hydrogen) atoms. The lowest BCUT2D eigenvalue weighted by Crippen LogP contribution is -2.51. The first-order valence-electron chi connectivity index (χ1n) is 10.8. The maximum atomic E-state index is 12.6. The smallest absolute Gasteiger partial charge is 0.225 e. The average Bonchev–Trinajstić information content (AvgIpc) is 3.60. The molecule has 7 nitrogen and oxygen atoms in total. The largest absolute Gasteiger partial charge is 0.355 e. The number of amides is 2. The lowest BCUT2D eigenvalue weighted by atomic mass is 9.93. The molecule has 3 heterocycles. The van der Waals surface area contributed by atoms with Crippen molar-refractivity contribution in [2.45, 2.75) is 51.0 Å². The van der Waals surface area contributed by atoms with E-state index in [4.69, 9.17) is 0 Å². The van der Waals surface area contributed by atoms with Gasteiger partial charge in [-0.05, 0) is 45.1 Å². The first-order chi connectivity index (χ1) is 13.7. The molecule has 1 aromatic heterocycles. The van der Waals surface area contributed by atoms with Crippen molar-refractivity contribution in [3.63, 3.8) is 0 Å². The monoisotopic (exact) mass is 385 g/mol. The van der Waals surface area contributed by atoms with Crippen LogP contribution in [-0.4, -0.2) is 70.3 Å². The van der Waals surface area contributed by atoms with Gasteiger partial charge < -0.3 is 10.2 Å². The number of hydrogen-bond acceptors (Lipinski definition) is 5. The molecule has 0 aromatic carbocycles. The molecule has 152 valence electrons. The highest BCUT2D eigenvalue weighted by atomic mass is 16.2. The third kappa shape index (κ3) is 4.87. The Balaban J connectivity index is 1.20. The number of nitrogens with zero attached hydrogens (tertiary/aromatic N) is 4. The summed E-state index contributed by atoms with van der Waals surface area (Å²) < 4.78 is 0. The zero-order valence-corrected chi connectivity index (χ0v) is 16.6. The first kappa shape index (κ1) is 19.3. The van der Waals surface area contributed by atoms with Gasteiger partial charge in [0.15, 0.2) is 0 Å². The summed E-state index contributed by atoms with van der Waals surface area (Å²) in [6.45, 7) is 4.29. The van der Waals surface area contributed by atoms with Crippen LogP contribution in [0.1, 0.15) is 44.2 Å². The molecule has 0 unspecified atom stereocenters. The van der Waals surface area contributed by atoms with E-state index in [9.17, 15) is 9.59 Å². The maximum absolute atomic E-state index is 12.6. The van der Waals surface area contributed by atoms with E-state index in [1.54, 1.807) is 18.6 Å². The second kappa shape index (κ2) is 8.99. The molecule has 2 amide bonds. The van der Waals surface area contributed by atoms with Gasteiger partial charge in [0.25, 0.3) is 0 Å². The first-order valence-corrected chi connectivity index (χ1v) is 10.8. The zero-order valence-electron chi connectivity index (χ0n) is 16.6. The molecule has 0 bridgehead atoms. The van der Waals surface area contributed by atoms with Gasteiger partial charge in [-0.2, -0.15) is 0 Å². The molecule has 3 aliphatic rings. The summed E-state index contributed by atoms with van der Waals surface area (Å²) in [5.74, 6) is 0.926. The molecule has 1 atom stereocenters. The average molecular weight is 386 g/mol. The van der Waals surface area contributed by atoms with Gasteiger partial charge in [0.1, 0.15) is 0 Å². The Morgan fingerprint density at radius 2 is 1.86 bits per heavy atom. The number of nitrogens with one attached hydrogen (secondary N) is 1. The van der Waals surface area contributed by atoms with Crippen LogP contribution in [0.5, 0.6) is 0 Å². The summed E-state index contributed by atoms with van der Waals surface area (Å²) in [5.41, 5.74) is 0.903. The normalized spacial score (nSPS) is 24.1. The van der Waals surface area contributed by atoms with E-state index in [1.807, 2.05) is 0 Å². The molecular formula is C21H31N5O2. The fraction of sp³-hybridized carbons (Fsp3) is 0.714. The van der Waals surface area contributed by atoms with Gasteiger partial charge >= 0.3 is 0 Å². The van der Waals surface area contributed by atoms with Gasteiger partial charge in [-0.15, -0.1) is 0 Å². The number of carbonyl (C=O) groups is 2. The van der Waals surface area contributed by atoms with Crippen LogP contribution in [0.4, 0.5) is 0 Å². The molecule has 3 fully saturated rings. The Labute approximate surface area is 166 Å². The Morgan fingerprint density at radius 1 is 1.04 bits per heavy atom. The summed E-state index contributed by atoms with van der Waals surface area (Å²) >= 11 is 0. The van der Waals surface area contributed by atoms with Gasteiger partial charge in [0.2, 0.25) is 11.8 Å². The quantitative estimate of drug-likeness (QED) is 0.797. The van der Waals surface area contributed by atoms with Crippen LogP contribution in [-0.2, 0) is 16.0 Å². The standard InChI is InChI=1S/C21H31N5O2/c27-20(24-8-5-18-14-22-9-10-23-18)17-2-1-11-26(15-17)19-6-12-25(13-7-19)21(28)16-3-4-16/h9-10,14,16-17,19H,1-8,11-13,15H2,(H,24,27)/t17-/m1/s1. The minimum Gasteiger partial charge on any atom is -0.355 e. The molecule has 4 rings (SSSR count). The molecule has 2 saturated heterocycles. The van der Waals surface area contributed by atoms with E-state index >= 15 is 0 Å². The van der Waals surface area contributed by atoms with E-state index in [2.05, 4.69) is 25.1 Å². The number of piperidine rings is 2. The number of rotatable bonds is 6. The molecule has 0 radical (unpaired) electrons. The molecule has 1 aromatic rings. The second-order valence-corrected chi connectivity index (χ2v) is 8.40. The topological polar surface area (TPSA) is 78.4 Å². The van der Waals surface area contributed by atoms with Crippen LogP contribution in [0.3, 0.4) is 0 Å². The molecule has 1 aliphatic carbocycles. The summed E-state index contributed by atoms with van der Waals surface area (Å²) in [6, 6.07) is 0.512. The minimum atomic E-state index is 0.0710. The lowest BCUT2D eigenvalue weighted by Gasteiger charge is -2.42. The molecule has 0 spiro atoms. The van der Waals surface area contributed by atoms with Crippen molar-refractivity contribution in [2.24, 2.45) is 11.8 Å². The molecular weight excluding hydrogens is 354 g/mol. The molecule has 1 N–H and O–H groups in total. The van der Waals surface area contributed by atoms with E-state index in [-0.39, 0.29) is 11.8 Å². The van der Waals surface area contributed by atoms with Gasteiger partial charge in [-0.1, -0.05) is 0 Å². The van der Waals surface area contributed by atoms with Crippen molar-refractivity contribution < 1.29 is 9.59 Å². The van der Waals surface area contributed by atoms with Gasteiger partial charge in [0.05, 0.1) is 11.6 Å². The number of carbonyl (C=O) groups excluding carboxylic acids is 2.